The maximum atomic E-state index is 12.0. The Balaban J connectivity index is 1.71. The van der Waals surface area contributed by atoms with Gasteiger partial charge in [-0.15, -0.1) is 0 Å². The summed E-state index contributed by atoms with van der Waals surface area (Å²) in [6.45, 7) is 0.188. The van der Waals surface area contributed by atoms with Gasteiger partial charge in [0.05, 0.1) is 6.42 Å². The largest absolute Gasteiger partial charge is 0.481 e. The number of carboxylic acids is 1. The Morgan fingerprint density at radius 2 is 1.63 bits per heavy atom. The molecule has 3 aromatic carbocycles. The molecule has 0 saturated carbocycles. The van der Waals surface area contributed by atoms with E-state index < -0.39 is 12.1 Å². The average Bonchev–Trinajstić information content (AvgIpc) is 2.67. The first-order valence-electron chi connectivity index (χ1n) is 8.49. The molecule has 0 heterocycles. The smallest absolute Gasteiger partial charge is 0.411 e. The van der Waals surface area contributed by atoms with Crippen LogP contribution in [0.25, 0.3) is 11.1 Å². The normalized spacial score (nSPS) is 10.2. The third kappa shape index (κ3) is 5.19. The lowest BCUT2D eigenvalue weighted by Crippen LogP contribution is -2.13. The van der Waals surface area contributed by atoms with E-state index in [-0.39, 0.29) is 13.0 Å². The molecule has 5 nitrogen and oxygen atoms in total. The summed E-state index contributed by atoms with van der Waals surface area (Å²) in [5.74, 6) is -0.888. The van der Waals surface area contributed by atoms with Crippen molar-refractivity contribution >= 4 is 17.7 Å². The van der Waals surface area contributed by atoms with Gasteiger partial charge in [0, 0.05) is 5.69 Å². The van der Waals surface area contributed by atoms with Gasteiger partial charge in [-0.25, -0.2) is 4.79 Å². The molecule has 0 unspecified atom stereocenters. The lowest BCUT2D eigenvalue weighted by Gasteiger charge is -2.11. The van der Waals surface area contributed by atoms with Crippen LogP contribution >= 0.6 is 0 Å². The molecule has 0 aliphatic carbocycles. The molecule has 0 spiro atoms. The number of benzene rings is 3. The molecular weight excluding hydrogens is 342 g/mol. The number of hydrogen-bond donors (Lipinski definition) is 2. The summed E-state index contributed by atoms with van der Waals surface area (Å²) in [6.07, 6.45) is -0.609. The van der Waals surface area contributed by atoms with Crippen molar-refractivity contribution in [3.05, 3.63) is 90.0 Å². The number of carbonyl (C=O) groups is 2. The van der Waals surface area contributed by atoms with Crippen molar-refractivity contribution in [1.82, 2.24) is 0 Å². The topological polar surface area (TPSA) is 75.6 Å². The van der Waals surface area contributed by atoms with Gasteiger partial charge in [-0.3, -0.25) is 10.1 Å². The summed E-state index contributed by atoms with van der Waals surface area (Å²) in [5.41, 5.74) is 3.85. The molecule has 0 radical (unpaired) electrons. The zero-order chi connectivity index (χ0) is 19.1. The van der Waals surface area contributed by atoms with Crippen molar-refractivity contribution < 1.29 is 19.4 Å². The minimum atomic E-state index is -0.888. The van der Waals surface area contributed by atoms with Gasteiger partial charge in [-0.05, 0) is 34.4 Å². The zero-order valence-electron chi connectivity index (χ0n) is 14.6. The highest BCUT2D eigenvalue weighted by Gasteiger charge is 2.10. The molecule has 27 heavy (non-hydrogen) atoms. The SMILES string of the molecule is O=C(O)Cc1ccccc1-c1cccc(NC(=O)OCc2ccccc2)c1. The molecular formula is C22H19NO4. The maximum absolute atomic E-state index is 12.0. The number of carboxylic acid groups (broad SMARTS) is 1. The second kappa shape index (κ2) is 8.67. The fraction of sp³-hybridized carbons (Fsp3) is 0.0909. The van der Waals surface area contributed by atoms with E-state index in [1.807, 2.05) is 54.6 Å². The third-order valence-electron chi connectivity index (χ3n) is 3.99. The van der Waals surface area contributed by atoms with Gasteiger partial charge in [0.25, 0.3) is 0 Å². The van der Waals surface area contributed by atoms with Crippen LogP contribution in [0.3, 0.4) is 0 Å². The second-order valence-corrected chi connectivity index (χ2v) is 6.00. The number of anilines is 1. The van der Waals surface area contributed by atoms with Crippen molar-refractivity contribution in [2.75, 3.05) is 5.32 Å². The summed E-state index contributed by atoms with van der Waals surface area (Å²) < 4.78 is 5.23. The van der Waals surface area contributed by atoms with E-state index in [4.69, 9.17) is 9.84 Å². The Morgan fingerprint density at radius 1 is 0.889 bits per heavy atom. The Bertz CT molecular complexity index is 938. The Kier molecular flexibility index (Phi) is 5.84. The predicted octanol–water partition coefficient (Wildman–Crippen LogP) is 4.73. The van der Waals surface area contributed by atoms with Gasteiger partial charge < -0.3 is 9.84 Å². The lowest BCUT2D eigenvalue weighted by atomic mass is 9.97. The van der Waals surface area contributed by atoms with E-state index in [0.29, 0.717) is 11.3 Å². The second-order valence-electron chi connectivity index (χ2n) is 6.00. The Hall–Kier alpha value is -3.60. The van der Waals surface area contributed by atoms with E-state index in [0.717, 1.165) is 16.7 Å². The van der Waals surface area contributed by atoms with Gasteiger partial charge in [-0.2, -0.15) is 0 Å². The first-order chi connectivity index (χ1) is 13.1. The number of ether oxygens (including phenoxy) is 1. The molecule has 0 fully saturated rings. The van der Waals surface area contributed by atoms with E-state index >= 15 is 0 Å². The number of carbonyl (C=O) groups excluding carboxylic acids is 1. The standard InChI is InChI=1S/C22H19NO4/c24-21(25)14-18-9-4-5-12-20(18)17-10-6-11-19(13-17)23-22(26)27-15-16-7-2-1-3-8-16/h1-13H,14-15H2,(H,23,26)(H,24,25). The number of nitrogens with one attached hydrogen (secondary N) is 1. The summed E-state index contributed by atoms with van der Waals surface area (Å²) in [6, 6.07) is 24.0. The van der Waals surface area contributed by atoms with Crippen LogP contribution in [-0.2, 0) is 22.6 Å². The van der Waals surface area contributed by atoms with Gasteiger partial charge in [-0.1, -0.05) is 66.7 Å². The van der Waals surface area contributed by atoms with Crippen molar-refractivity contribution in [2.24, 2.45) is 0 Å². The molecule has 5 heteroatoms. The minimum Gasteiger partial charge on any atom is -0.481 e. The molecule has 0 aliphatic rings. The van der Waals surface area contributed by atoms with Crippen molar-refractivity contribution in [2.45, 2.75) is 13.0 Å². The van der Waals surface area contributed by atoms with E-state index in [9.17, 15) is 9.59 Å². The maximum Gasteiger partial charge on any atom is 0.411 e. The highest BCUT2D eigenvalue weighted by molar-refractivity contribution is 5.86. The van der Waals surface area contributed by atoms with Crippen LogP contribution in [0.2, 0.25) is 0 Å². The van der Waals surface area contributed by atoms with Crippen LogP contribution in [0.5, 0.6) is 0 Å². The number of hydrogen-bond acceptors (Lipinski definition) is 3. The summed E-state index contributed by atoms with van der Waals surface area (Å²) in [5, 5.41) is 11.8. The van der Waals surface area contributed by atoms with Crippen molar-refractivity contribution in [3.8, 4) is 11.1 Å². The monoisotopic (exact) mass is 361 g/mol. The van der Waals surface area contributed by atoms with Crippen LogP contribution in [0, 0.1) is 0 Å². The van der Waals surface area contributed by atoms with Crippen LogP contribution < -0.4 is 5.32 Å². The van der Waals surface area contributed by atoms with Gasteiger partial charge in [0.15, 0.2) is 0 Å². The van der Waals surface area contributed by atoms with E-state index in [1.165, 1.54) is 0 Å². The molecule has 2 N–H and O–H groups in total. The molecule has 0 aliphatic heterocycles. The highest BCUT2D eigenvalue weighted by Crippen LogP contribution is 2.26. The number of amides is 1. The number of aliphatic carboxylic acids is 1. The first-order valence-corrected chi connectivity index (χ1v) is 8.49. The summed E-state index contributed by atoms with van der Waals surface area (Å²) in [7, 11) is 0. The van der Waals surface area contributed by atoms with Crippen LogP contribution in [0.4, 0.5) is 10.5 Å². The molecule has 136 valence electrons. The molecule has 0 atom stereocenters. The fourth-order valence-electron chi connectivity index (χ4n) is 2.76. The van der Waals surface area contributed by atoms with Crippen LogP contribution in [-0.4, -0.2) is 17.2 Å². The van der Waals surface area contributed by atoms with Crippen molar-refractivity contribution in [3.63, 3.8) is 0 Å². The molecule has 0 bridgehead atoms. The van der Waals surface area contributed by atoms with Gasteiger partial charge in [0.2, 0.25) is 0 Å². The van der Waals surface area contributed by atoms with Crippen molar-refractivity contribution in [1.29, 1.82) is 0 Å². The molecule has 1 amide bonds. The van der Waals surface area contributed by atoms with Gasteiger partial charge in [0.1, 0.15) is 6.61 Å². The molecule has 0 saturated heterocycles. The van der Waals surface area contributed by atoms with Crippen LogP contribution in [0.15, 0.2) is 78.9 Å². The Morgan fingerprint density at radius 3 is 2.41 bits per heavy atom. The molecule has 3 aromatic rings. The number of rotatable bonds is 6. The zero-order valence-corrected chi connectivity index (χ0v) is 14.6. The fourth-order valence-corrected chi connectivity index (χ4v) is 2.76. The van der Waals surface area contributed by atoms with E-state index in [2.05, 4.69) is 5.32 Å². The average molecular weight is 361 g/mol. The minimum absolute atomic E-state index is 0.0626. The van der Waals surface area contributed by atoms with E-state index in [1.54, 1.807) is 24.3 Å². The third-order valence-corrected chi connectivity index (χ3v) is 3.99. The van der Waals surface area contributed by atoms with Crippen LogP contribution in [0.1, 0.15) is 11.1 Å². The quantitative estimate of drug-likeness (QED) is 0.665. The van der Waals surface area contributed by atoms with Gasteiger partial charge >= 0.3 is 12.1 Å². The summed E-state index contributed by atoms with van der Waals surface area (Å²) in [4.78, 5) is 23.1. The Labute approximate surface area is 157 Å². The molecule has 3 rings (SSSR count). The lowest BCUT2D eigenvalue weighted by molar-refractivity contribution is -0.136. The highest BCUT2D eigenvalue weighted by atomic mass is 16.5. The first kappa shape index (κ1) is 18.2. The molecule has 0 aromatic heterocycles. The summed E-state index contributed by atoms with van der Waals surface area (Å²) >= 11 is 0. The predicted molar refractivity (Wildman–Crippen MR) is 103 cm³/mol.